The number of nitrogens with two attached hydrogens (primary N) is 1. The second-order valence-electron chi connectivity index (χ2n) is 3.92. The lowest BCUT2D eigenvalue weighted by atomic mass is 10.3. The largest absolute Gasteiger partial charge is 0.375 e. The molecule has 0 aliphatic rings. The highest BCUT2D eigenvalue weighted by Crippen LogP contribution is 2.12. The highest BCUT2D eigenvalue weighted by molar-refractivity contribution is 7.13. The first kappa shape index (κ1) is 12.6. The number of anilines is 1. The molecule has 0 saturated carbocycles. The lowest BCUT2D eigenvalue weighted by Crippen LogP contribution is -2.28. The molecule has 0 atom stereocenters. The summed E-state index contributed by atoms with van der Waals surface area (Å²) < 4.78 is 1.85. The van der Waals surface area contributed by atoms with Gasteiger partial charge in [0.05, 0.1) is 0 Å². The van der Waals surface area contributed by atoms with Gasteiger partial charge in [0.15, 0.2) is 5.13 Å². The summed E-state index contributed by atoms with van der Waals surface area (Å²) in [4.78, 5) is 17.6. The van der Waals surface area contributed by atoms with E-state index >= 15 is 0 Å². The van der Waals surface area contributed by atoms with Crippen molar-refractivity contribution in [1.29, 1.82) is 0 Å². The number of nitrogen functional groups attached to an aromatic ring is 1. The molecule has 6 nitrogen and oxygen atoms in total. The SMILES string of the molecule is CN(CCCn1cccn1)C(=O)c1csc(N)n1. The number of nitrogens with zero attached hydrogens (tertiary/aromatic N) is 4. The van der Waals surface area contributed by atoms with Crippen LogP contribution < -0.4 is 5.73 Å². The van der Waals surface area contributed by atoms with Crippen LogP contribution in [0.15, 0.2) is 23.8 Å². The van der Waals surface area contributed by atoms with Crippen LogP contribution in [0.1, 0.15) is 16.9 Å². The zero-order valence-electron chi connectivity index (χ0n) is 10.1. The first-order valence-corrected chi connectivity index (χ1v) is 6.48. The number of aromatic nitrogens is 3. The molecule has 0 bridgehead atoms. The minimum atomic E-state index is -0.0941. The molecule has 18 heavy (non-hydrogen) atoms. The smallest absolute Gasteiger partial charge is 0.273 e. The van der Waals surface area contributed by atoms with Crippen LogP contribution >= 0.6 is 11.3 Å². The maximum absolute atomic E-state index is 11.9. The van der Waals surface area contributed by atoms with E-state index in [0.717, 1.165) is 13.0 Å². The monoisotopic (exact) mass is 265 g/mol. The van der Waals surface area contributed by atoms with Crippen LogP contribution in [0.3, 0.4) is 0 Å². The molecule has 0 aliphatic heterocycles. The summed E-state index contributed by atoms with van der Waals surface area (Å²) in [7, 11) is 1.76. The predicted octanol–water partition coefficient (Wildman–Crippen LogP) is 1.08. The standard InChI is InChI=1S/C11H15N5OS/c1-15(5-3-7-16-6-2-4-13-16)10(17)9-8-18-11(12)14-9/h2,4,6,8H,3,5,7H2,1H3,(H2,12,14). The van der Waals surface area contributed by atoms with Crippen LogP contribution in [0.5, 0.6) is 0 Å². The van der Waals surface area contributed by atoms with E-state index in [9.17, 15) is 4.79 Å². The molecule has 2 aromatic heterocycles. The van der Waals surface area contributed by atoms with Crippen molar-refractivity contribution in [3.63, 3.8) is 0 Å². The number of aryl methyl sites for hydroxylation is 1. The van der Waals surface area contributed by atoms with E-state index in [1.807, 2.05) is 16.9 Å². The fraction of sp³-hybridized carbons (Fsp3) is 0.364. The topological polar surface area (TPSA) is 77.0 Å². The first-order chi connectivity index (χ1) is 8.66. The van der Waals surface area contributed by atoms with Gasteiger partial charge in [-0.3, -0.25) is 9.48 Å². The molecule has 0 aromatic carbocycles. The maximum Gasteiger partial charge on any atom is 0.273 e. The number of carbonyl (C=O) groups is 1. The molecule has 0 saturated heterocycles. The minimum absolute atomic E-state index is 0.0941. The van der Waals surface area contributed by atoms with Crippen LogP contribution in [0.4, 0.5) is 5.13 Å². The molecule has 0 spiro atoms. The Morgan fingerprint density at radius 1 is 1.61 bits per heavy atom. The van der Waals surface area contributed by atoms with Crippen LogP contribution in [0.2, 0.25) is 0 Å². The van der Waals surface area contributed by atoms with Crippen LogP contribution in [-0.4, -0.2) is 39.2 Å². The van der Waals surface area contributed by atoms with Gasteiger partial charge >= 0.3 is 0 Å². The van der Waals surface area contributed by atoms with Crippen molar-refractivity contribution in [3.05, 3.63) is 29.5 Å². The number of carbonyl (C=O) groups excluding carboxylic acids is 1. The number of hydrogen-bond acceptors (Lipinski definition) is 5. The average Bonchev–Trinajstić information content (AvgIpc) is 2.99. The zero-order valence-corrected chi connectivity index (χ0v) is 10.9. The van der Waals surface area contributed by atoms with Crippen LogP contribution in [0.25, 0.3) is 0 Å². The molecule has 2 aromatic rings. The van der Waals surface area contributed by atoms with E-state index in [2.05, 4.69) is 10.1 Å². The molecule has 0 fully saturated rings. The van der Waals surface area contributed by atoms with Gasteiger partial charge in [-0.15, -0.1) is 11.3 Å². The van der Waals surface area contributed by atoms with E-state index in [1.54, 1.807) is 23.5 Å². The summed E-state index contributed by atoms with van der Waals surface area (Å²) in [5.74, 6) is -0.0941. The second kappa shape index (κ2) is 5.63. The Morgan fingerprint density at radius 3 is 3.06 bits per heavy atom. The number of hydrogen-bond donors (Lipinski definition) is 1. The van der Waals surface area contributed by atoms with Gasteiger partial charge in [-0.2, -0.15) is 5.10 Å². The van der Waals surface area contributed by atoms with Gasteiger partial charge in [-0.05, 0) is 12.5 Å². The lowest BCUT2D eigenvalue weighted by Gasteiger charge is -2.15. The summed E-state index contributed by atoms with van der Waals surface area (Å²) in [6.45, 7) is 1.46. The van der Waals surface area contributed by atoms with E-state index in [4.69, 9.17) is 5.73 Å². The van der Waals surface area contributed by atoms with Gasteiger partial charge in [-0.1, -0.05) is 0 Å². The Hall–Kier alpha value is -1.89. The van der Waals surface area contributed by atoms with Crippen molar-refractivity contribution >= 4 is 22.4 Å². The van der Waals surface area contributed by atoms with E-state index in [1.165, 1.54) is 11.3 Å². The molecule has 2 N–H and O–H groups in total. The van der Waals surface area contributed by atoms with E-state index in [0.29, 0.717) is 17.4 Å². The molecular formula is C11H15N5OS. The fourth-order valence-electron chi connectivity index (χ4n) is 1.59. The molecular weight excluding hydrogens is 250 g/mol. The van der Waals surface area contributed by atoms with Gasteiger partial charge in [-0.25, -0.2) is 4.98 Å². The summed E-state index contributed by atoms with van der Waals surface area (Å²) in [5.41, 5.74) is 5.92. The molecule has 7 heteroatoms. The number of amides is 1. The Labute approximate surface area is 109 Å². The molecule has 96 valence electrons. The number of rotatable bonds is 5. The van der Waals surface area contributed by atoms with Gasteiger partial charge in [0.25, 0.3) is 5.91 Å². The first-order valence-electron chi connectivity index (χ1n) is 5.60. The van der Waals surface area contributed by atoms with Crippen molar-refractivity contribution in [3.8, 4) is 0 Å². The average molecular weight is 265 g/mol. The summed E-state index contributed by atoms with van der Waals surface area (Å²) in [6.07, 6.45) is 4.50. The molecule has 1 amide bonds. The third-order valence-electron chi connectivity index (χ3n) is 2.53. The second-order valence-corrected chi connectivity index (χ2v) is 4.81. The van der Waals surface area contributed by atoms with Gasteiger partial charge in [0, 0.05) is 37.9 Å². The third kappa shape index (κ3) is 3.07. The Morgan fingerprint density at radius 2 is 2.44 bits per heavy atom. The van der Waals surface area contributed by atoms with E-state index < -0.39 is 0 Å². The van der Waals surface area contributed by atoms with Crippen molar-refractivity contribution in [1.82, 2.24) is 19.7 Å². The Kier molecular flexibility index (Phi) is 3.93. The summed E-state index contributed by atoms with van der Waals surface area (Å²) in [5, 5.41) is 6.21. The quantitative estimate of drug-likeness (QED) is 0.877. The summed E-state index contributed by atoms with van der Waals surface area (Å²) in [6, 6.07) is 1.88. The molecule has 0 aliphatic carbocycles. The van der Waals surface area contributed by atoms with Gasteiger partial charge < -0.3 is 10.6 Å². The maximum atomic E-state index is 11.9. The highest BCUT2D eigenvalue weighted by atomic mass is 32.1. The normalized spacial score (nSPS) is 10.5. The zero-order chi connectivity index (χ0) is 13.0. The fourth-order valence-corrected chi connectivity index (χ4v) is 2.12. The summed E-state index contributed by atoms with van der Waals surface area (Å²) >= 11 is 1.28. The van der Waals surface area contributed by atoms with Gasteiger partial charge in [0.1, 0.15) is 5.69 Å². The van der Waals surface area contributed by atoms with Crippen molar-refractivity contribution in [2.75, 3.05) is 19.3 Å². The Balaban J connectivity index is 1.81. The van der Waals surface area contributed by atoms with E-state index in [-0.39, 0.29) is 5.91 Å². The highest BCUT2D eigenvalue weighted by Gasteiger charge is 2.14. The molecule has 0 radical (unpaired) electrons. The minimum Gasteiger partial charge on any atom is -0.375 e. The van der Waals surface area contributed by atoms with Crippen LogP contribution in [0, 0.1) is 0 Å². The third-order valence-corrected chi connectivity index (χ3v) is 3.20. The van der Waals surface area contributed by atoms with Gasteiger partial charge in [0.2, 0.25) is 0 Å². The Bertz CT molecular complexity index is 507. The predicted molar refractivity (Wildman–Crippen MR) is 70.3 cm³/mol. The molecule has 2 rings (SSSR count). The molecule has 0 unspecified atom stereocenters. The van der Waals surface area contributed by atoms with Crippen molar-refractivity contribution in [2.24, 2.45) is 0 Å². The van der Waals surface area contributed by atoms with Crippen molar-refractivity contribution in [2.45, 2.75) is 13.0 Å². The lowest BCUT2D eigenvalue weighted by molar-refractivity contribution is 0.0786. The molecule has 2 heterocycles. The number of thiazole rings is 1. The van der Waals surface area contributed by atoms with Crippen LogP contribution in [-0.2, 0) is 6.54 Å². The van der Waals surface area contributed by atoms with Crippen molar-refractivity contribution < 1.29 is 4.79 Å².